The third-order valence-corrected chi connectivity index (χ3v) is 5.39. The highest BCUT2D eigenvalue weighted by atomic mass is 32.2. The average molecular weight is 362 g/mol. The van der Waals surface area contributed by atoms with Crippen LogP contribution < -0.4 is 10.1 Å². The van der Waals surface area contributed by atoms with Gasteiger partial charge in [0.25, 0.3) is 5.91 Å². The maximum atomic E-state index is 12.4. The van der Waals surface area contributed by atoms with Gasteiger partial charge in [-0.25, -0.2) is 13.4 Å². The number of anilines is 1. The van der Waals surface area contributed by atoms with Crippen LogP contribution in [0.25, 0.3) is 10.2 Å². The summed E-state index contributed by atoms with van der Waals surface area (Å²) >= 11 is 1.32. The topological polar surface area (TPSA) is 85.4 Å². The molecule has 124 valence electrons. The molecule has 0 saturated carbocycles. The molecule has 1 amide bonds. The fourth-order valence-electron chi connectivity index (χ4n) is 2.18. The second-order valence-electron chi connectivity index (χ2n) is 5.08. The van der Waals surface area contributed by atoms with Gasteiger partial charge >= 0.3 is 0 Å². The predicted octanol–water partition coefficient (Wildman–Crippen LogP) is 2.96. The van der Waals surface area contributed by atoms with Crippen LogP contribution in [0.15, 0.2) is 47.4 Å². The Hall–Kier alpha value is -2.45. The molecule has 1 heterocycles. The summed E-state index contributed by atoms with van der Waals surface area (Å²) in [6.45, 7) is 0. The lowest BCUT2D eigenvalue weighted by atomic mass is 10.2. The molecule has 3 aromatic rings. The highest BCUT2D eigenvalue weighted by Gasteiger charge is 2.14. The number of thiazole rings is 1. The Bertz CT molecular complexity index is 1030. The van der Waals surface area contributed by atoms with E-state index >= 15 is 0 Å². The first-order chi connectivity index (χ1) is 11.4. The first kappa shape index (κ1) is 16.4. The van der Waals surface area contributed by atoms with Gasteiger partial charge in [-0.1, -0.05) is 23.5 Å². The SMILES string of the molecule is COc1cccc2sc(NC(=O)c3cccc(S(C)(=O)=O)c3)nc12. The minimum absolute atomic E-state index is 0.0983. The van der Waals surface area contributed by atoms with Crippen molar-refractivity contribution in [2.75, 3.05) is 18.7 Å². The lowest BCUT2D eigenvalue weighted by Crippen LogP contribution is -2.12. The number of rotatable bonds is 4. The van der Waals surface area contributed by atoms with E-state index in [2.05, 4.69) is 10.3 Å². The van der Waals surface area contributed by atoms with Crippen LogP contribution in [0, 0.1) is 0 Å². The lowest BCUT2D eigenvalue weighted by Gasteiger charge is -2.04. The smallest absolute Gasteiger partial charge is 0.257 e. The molecule has 0 bridgehead atoms. The number of hydrogen-bond donors (Lipinski definition) is 1. The molecule has 24 heavy (non-hydrogen) atoms. The van der Waals surface area contributed by atoms with Gasteiger partial charge in [0.1, 0.15) is 11.3 Å². The summed E-state index contributed by atoms with van der Waals surface area (Å²) in [6, 6.07) is 11.4. The summed E-state index contributed by atoms with van der Waals surface area (Å²) in [7, 11) is -1.81. The maximum Gasteiger partial charge on any atom is 0.257 e. The van der Waals surface area contributed by atoms with Crippen LogP contribution in [-0.4, -0.2) is 32.7 Å². The van der Waals surface area contributed by atoms with Crippen LogP contribution in [0.3, 0.4) is 0 Å². The number of carbonyl (C=O) groups excluding carboxylic acids is 1. The van der Waals surface area contributed by atoms with E-state index in [9.17, 15) is 13.2 Å². The van der Waals surface area contributed by atoms with Crippen molar-refractivity contribution in [3.8, 4) is 5.75 Å². The van der Waals surface area contributed by atoms with Gasteiger partial charge in [0.2, 0.25) is 0 Å². The van der Waals surface area contributed by atoms with Crippen LogP contribution in [0.5, 0.6) is 5.75 Å². The van der Waals surface area contributed by atoms with Crippen LogP contribution in [0.1, 0.15) is 10.4 Å². The van der Waals surface area contributed by atoms with Crippen molar-refractivity contribution in [1.82, 2.24) is 4.98 Å². The van der Waals surface area contributed by atoms with Gasteiger partial charge in [-0.2, -0.15) is 0 Å². The first-order valence-electron chi connectivity index (χ1n) is 6.93. The number of amides is 1. The predicted molar refractivity (Wildman–Crippen MR) is 93.7 cm³/mol. The number of ether oxygens (including phenoxy) is 1. The summed E-state index contributed by atoms with van der Waals surface area (Å²) < 4.78 is 29.3. The van der Waals surface area contributed by atoms with E-state index in [0.717, 1.165) is 11.0 Å². The summed E-state index contributed by atoms with van der Waals surface area (Å²) in [4.78, 5) is 16.8. The van der Waals surface area contributed by atoms with Crippen molar-refractivity contribution in [2.24, 2.45) is 0 Å². The quantitative estimate of drug-likeness (QED) is 0.771. The van der Waals surface area contributed by atoms with Crippen LogP contribution in [-0.2, 0) is 9.84 Å². The van der Waals surface area contributed by atoms with Gasteiger partial charge in [-0.05, 0) is 30.3 Å². The van der Waals surface area contributed by atoms with Crippen LogP contribution in [0.2, 0.25) is 0 Å². The number of benzene rings is 2. The summed E-state index contributed by atoms with van der Waals surface area (Å²) in [5, 5.41) is 3.12. The molecule has 0 fully saturated rings. The van der Waals surface area contributed by atoms with Crippen molar-refractivity contribution in [1.29, 1.82) is 0 Å². The molecule has 0 unspecified atom stereocenters. The Kier molecular flexibility index (Phi) is 4.25. The summed E-state index contributed by atoms with van der Waals surface area (Å²) in [5.74, 6) is 0.210. The molecule has 8 heteroatoms. The lowest BCUT2D eigenvalue weighted by molar-refractivity contribution is 0.102. The second kappa shape index (κ2) is 6.21. The number of methoxy groups -OCH3 is 1. The minimum atomic E-state index is -3.37. The number of aromatic nitrogens is 1. The number of nitrogens with one attached hydrogen (secondary N) is 1. The summed E-state index contributed by atoms with van der Waals surface area (Å²) in [5.41, 5.74) is 0.925. The van der Waals surface area contributed by atoms with Crippen molar-refractivity contribution >= 4 is 42.4 Å². The molecule has 2 aromatic carbocycles. The minimum Gasteiger partial charge on any atom is -0.494 e. The van der Waals surface area contributed by atoms with Crippen molar-refractivity contribution in [3.05, 3.63) is 48.0 Å². The fourth-order valence-corrected chi connectivity index (χ4v) is 3.72. The highest BCUT2D eigenvalue weighted by molar-refractivity contribution is 7.90. The third kappa shape index (κ3) is 3.24. The molecular formula is C16H14N2O4S2. The molecule has 1 aromatic heterocycles. The number of hydrogen-bond acceptors (Lipinski definition) is 6. The molecule has 0 atom stereocenters. The van der Waals surface area contributed by atoms with Crippen LogP contribution >= 0.6 is 11.3 Å². The number of fused-ring (bicyclic) bond motifs is 1. The normalized spacial score (nSPS) is 11.4. The monoisotopic (exact) mass is 362 g/mol. The van der Waals surface area contributed by atoms with Crippen LogP contribution in [0.4, 0.5) is 5.13 Å². The van der Waals surface area contributed by atoms with E-state index in [0.29, 0.717) is 16.4 Å². The highest BCUT2D eigenvalue weighted by Crippen LogP contribution is 2.32. The molecule has 0 saturated heterocycles. The Morgan fingerprint density at radius 2 is 1.96 bits per heavy atom. The Balaban J connectivity index is 1.90. The number of carbonyl (C=O) groups is 1. The van der Waals surface area contributed by atoms with E-state index in [-0.39, 0.29) is 10.5 Å². The Labute approximate surface area is 143 Å². The van der Waals surface area contributed by atoms with Gasteiger partial charge in [0, 0.05) is 11.8 Å². The summed E-state index contributed by atoms with van der Waals surface area (Å²) in [6.07, 6.45) is 1.10. The van der Waals surface area contributed by atoms with Gasteiger partial charge < -0.3 is 4.74 Å². The van der Waals surface area contributed by atoms with E-state index in [1.54, 1.807) is 19.2 Å². The molecule has 0 aliphatic carbocycles. The standard InChI is InChI=1S/C16H14N2O4S2/c1-22-12-7-4-8-13-14(12)17-16(23-13)18-15(19)10-5-3-6-11(9-10)24(2,20)21/h3-9H,1-2H3,(H,17,18,19). The van der Waals surface area contributed by atoms with Gasteiger partial charge in [0.05, 0.1) is 16.7 Å². The molecule has 0 radical (unpaired) electrons. The van der Waals surface area contributed by atoms with Gasteiger partial charge in [-0.15, -0.1) is 0 Å². The molecule has 1 N–H and O–H groups in total. The Morgan fingerprint density at radius 3 is 2.67 bits per heavy atom. The zero-order valence-electron chi connectivity index (χ0n) is 12.9. The van der Waals surface area contributed by atoms with Crippen molar-refractivity contribution in [3.63, 3.8) is 0 Å². The fraction of sp³-hybridized carbons (Fsp3) is 0.125. The zero-order chi connectivity index (χ0) is 17.3. The largest absolute Gasteiger partial charge is 0.494 e. The number of nitrogens with zero attached hydrogens (tertiary/aromatic N) is 1. The molecule has 3 rings (SSSR count). The molecule has 0 aliphatic heterocycles. The second-order valence-corrected chi connectivity index (χ2v) is 8.13. The number of sulfone groups is 1. The zero-order valence-corrected chi connectivity index (χ0v) is 14.6. The van der Waals surface area contributed by atoms with Gasteiger partial charge in [0.15, 0.2) is 15.0 Å². The molecule has 6 nitrogen and oxygen atoms in total. The van der Waals surface area contributed by atoms with E-state index < -0.39 is 15.7 Å². The van der Waals surface area contributed by atoms with E-state index in [1.165, 1.54) is 29.5 Å². The van der Waals surface area contributed by atoms with E-state index in [1.807, 2.05) is 12.1 Å². The first-order valence-corrected chi connectivity index (χ1v) is 9.64. The van der Waals surface area contributed by atoms with Gasteiger partial charge in [-0.3, -0.25) is 10.1 Å². The van der Waals surface area contributed by atoms with Crippen molar-refractivity contribution < 1.29 is 17.9 Å². The van der Waals surface area contributed by atoms with Crippen molar-refractivity contribution in [2.45, 2.75) is 4.90 Å². The maximum absolute atomic E-state index is 12.4. The Morgan fingerprint density at radius 1 is 1.21 bits per heavy atom. The number of para-hydroxylation sites is 1. The molecule has 0 aliphatic rings. The average Bonchev–Trinajstić information content (AvgIpc) is 2.96. The molecule has 0 spiro atoms. The molecular weight excluding hydrogens is 348 g/mol. The van der Waals surface area contributed by atoms with E-state index in [4.69, 9.17) is 4.74 Å². The third-order valence-electron chi connectivity index (χ3n) is 3.35.